The van der Waals surface area contributed by atoms with Crippen molar-refractivity contribution in [3.8, 4) is 0 Å². The van der Waals surface area contributed by atoms with Gasteiger partial charge in [0, 0.05) is 18.5 Å². The Morgan fingerprint density at radius 1 is 1.53 bits per heavy atom. The number of rotatable bonds is 4. The molecule has 0 aliphatic rings. The molecule has 0 aliphatic carbocycles. The Hall–Kier alpha value is -2.37. The summed E-state index contributed by atoms with van der Waals surface area (Å²) in [4.78, 5) is 17.4. The van der Waals surface area contributed by atoms with E-state index >= 15 is 0 Å². The van der Waals surface area contributed by atoms with Gasteiger partial charge < -0.3 is 10.3 Å². The third-order valence-corrected chi connectivity index (χ3v) is 2.35. The lowest BCUT2D eigenvalue weighted by molar-refractivity contribution is -0.384. The van der Waals surface area contributed by atoms with Crippen LogP contribution in [-0.4, -0.2) is 14.9 Å². The lowest BCUT2D eigenvalue weighted by Gasteiger charge is -2.06. The minimum Gasteiger partial charge on any atom is -0.372 e. The van der Waals surface area contributed by atoms with Crippen molar-refractivity contribution >= 4 is 11.4 Å². The summed E-state index contributed by atoms with van der Waals surface area (Å²) in [5, 5.41) is 13.8. The first-order valence-electron chi connectivity index (χ1n) is 5.14. The van der Waals surface area contributed by atoms with E-state index in [1.807, 2.05) is 6.92 Å². The van der Waals surface area contributed by atoms with Crippen molar-refractivity contribution in [2.45, 2.75) is 13.5 Å². The molecule has 0 aliphatic heterocycles. The molecule has 6 heteroatoms. The average Bonchev–Trinajstić information content (AvgIpc) is 2.78. The number of aromatic nitrogens is 2. The number of aryl methyl sites for hydroxylation is 1. The number of nitrogens with zero attached hydrogens (tertiary/aromatic N) is 2. The Morgan fingerprint density at radius 2 is 2.35 bits per heavy atom. The molecule has 1 aromatic heterocycles. The zero-order chi connectivity index (χ0) is 12.3. The number of nitro groups is 1. The van der Waals surface area contributed by atoms with Crippen LogP contribution in [0.1, 0.15) is 11.4 Å². The molecule has 6 nitrogen and oxygen atoms in total. The molecule has 0 radical (unpaired) electrons. The van der Waals surface area contributed by atoms with Crippen molar-refractivity contribution in [3.05, 3.63) is 52.1 Å². The number of nitro benzene ring substituents is 1. The van der Waals surface area contributed by atoms with E-state index in [4.69, 9.17) is 0 Å². The van der Waals surface area contributed by atoms with E-state index in [0.717, 1.165) is 11.4 Å². The van der Waals surface area contributed by atoms with Crippen molar-refractivity contribution in [3.63, 3.8) is 0 Å². The van der Waals surface area contributed by atoms with E-state index in [0.29, 0.717) is 12.2 Å². The normalized spacial score (nSPS) is 10.2. The maximum absolute atomic E-state index is 10.8. The van der Waals surface area contributed by atoms with Crippen LogP contribution in [-0.2, 0) is 6.54 Å². The fourth-order valence-electron chi connectivity index (χ4n) is 1.52. The summed E-state index contributed by atoms with van der Waals surface area (Å²) < 4.78 is 0. The highest BCUT2D eigenvalue weighted by Crippen LogP contribution is 2.25. The molecule has 2 N–H and O–H groups in total. The van der Waals surface area contributed by atoms with Crippen LogP contribution in [0.4, 0.5) is 11.4 Å². The highest BCUT2D eigenvalue weighted by atomic mass is 16.6. The maximum Gasteiger partial charge on any atom is 0.292 e. The first-order chi connectivity index (χ1) is 8.16. The van der Waals surface area contributed by atoms with Gasteiger partial charge in [-0.1, -0.05) is 6.07 Å². The SMILES string of the molecule is Cc1ccc([N+](=O)[O-])c(NCc2ncc[nH]2)c1. The molecule has 2 rings (SSSR count). The highest BCUT2D eigenvalue weighted by Gasteiger charge is 2.13. The molecule has 0 saturated carbocycles. The Kier molecular flexibility index (Phi) is 3.04. The summed E-state index contributed by atoms with van der Waals surface area (Å²) in [6.07, 6.45) is 3.35. The standard InChI is InChI=1S/C11H12N4O2/c1-8-2-3-10(15(16)17)9(6-8)14-7-11-12-4-5-13-11/h2-6,14H,7H2,1H3,(H,12,13). The predicted molar refractivity (Wildman–Crippen MR) is 63.7 cm³/mol. The number of nitrogens with one attached hydrogen (secondary N) is 2. The first kappa shape index (κ1) is 11.1. The molecule has 0 fully saturated rings. The van der Waals surface area contributed by atoms with Crippen LogP contribution in [0.25, 0.3) is 0 Å². The van der Waals surface area contributed by atoms with E-state index in [2.05, 4.69) is 15.3 Å². The third-order valence-electron chi connectivity index (χ3n) is 2.35. The van der Waals surface area contributed by atoms with Crippen molar-refractivity contribution in [2.75, 3.05) is 5.32 Å². The van der Waals surface area contributed by atoms with Gasteiger partial charge in [0.05, 0.1) is 11.5 Å². The van der Waals surface area contributed by atoms with Gasteiger partial charge in [-0.3, -0.25) is 10.1 Å². The van der Waals surface area contributed by atoms with Crippen molar-refractivity contribution in [1.82, 2.24) is 9.97 Å². The Balaban J connectivity index is 2.19. The van der Waals surface area contributed by atoms with Gasteiger partial charge in [-0.25, -0.2) is 4.98 Å². The second kappa shape index (κ2) is 4.65. The van der Waals surface area contributed by atoms with Crippen LogP contribution in [0, 0.1) is 17.0 Å². The minimum absolute atomic E-state index is 0.0714. The predicted octanol–water partition coefficient (Wildman–Crippen LogP) is 2.24. The molecule has 0 saturated heterocycles. The molecule has 0 unspecified atom stereocenters. The van der Waals surface area contributed by atoms with E-state index < -0.39 is 4.92 Å². The lowest BCUT2D eigenvalue weighted by atomic mass is 10.2. The van der Waals surface area contributed by atoms with Crippen LogP contribution in [0.2, 0.25) is 0 Å². The van der Waals surface area contributed by atoms with Gasteiger partial charge in [0.1, 0.15) is 11.5 Å². The summed E-state index contributed by atoms with van der Waals surface area (Å²) in [5.74, 6) is 0.737. The Labute approximate surface area is 97.9 Å². The van der Waals surface area contributed by atoms with Gasteiger partial charge in [-0.05, 0) is 18.6 Å². The molecule has 1 heterocycles. The van der Waals surface area contributed by atoms with Crippen molar-refractivity contribution in [1.29, 1.82) is 0 Å². The van der Waals surface area contributed by atoms with E-state index in [9.17, 15) is 10.1 Å². The third kappa shape index (κ3) is 2.60. The van der Waals surface area contributed by atoms with Crippen molar-refractivity contribution in [2.24, 2.45) is 0 Å². The van der Waals surface area contributed by atoms with Gasteiger partial charge in [0.2, 0.25) is 0 Å². The van der Waals surface area contributed by atoms with E-state index in [1.165, 1.54) is 6.07 Å². The number of anilines is 1. The Bertz CT molecular complexity index is 522. The molecule has 0 atom stereocenters. The van der Waals surface area contributed by atoms with Crippen LogP contribution >= 0.6 is 0 Å². The number of imidazole rings is 1. The topological polar surface area (TPSA) is 83.8 Å². The molecule has 88 valence electrons. The molecule has 0 spiro atoms. The van der Waals surface area contributed by atoms with Gasteiger partial charge in [0.25, 0.3) is 5.69 Å². The number of hydrogen-bond acceptors (Lipinski definition) is 4. The zero-order valence-electron chi connectivity index (χ0n) is 9.30. The highest BCUT2D eigenvalue weighted by molar-refractivity contribution is 5.62. The van der Waals surface area contributed by atoms with Crippen LogP contribution in [0.15, 0.2) is 30.6 Å². The summed E-state index contributed by atoms with van der Waals surface area (Å²) in [7, 11) is 0. The second-order valence-electron chi connectivity index (χ2n) is 3.67. The molecular weight excluding hydrogens is 220 g/mol. The number of hydrogen-bond donors (Lipinski definition) is 2. The fraction of sp³-hybridized carbons (Fsp3) is 0.182. The van der Waals surface area contributed by atoms with E-state index in [-0.39, 0.29) is 5.69 Å². The second-order valence-corrected chi connectivity index (χ2v) is 3.67. The summed E-state index contributed by atoms with van der Waals surface area (Å²) in [6, 6.07) is 4.97. The number of H-pyrrole nitrogens is 1. The number of benzene rings is 1. The fourth-order valence-corrected chi connectivity index (χ4v) is 1.52. The van der Waals surface area contributed by atoms with E-state index in [1.54, 1.807) is 24.5 Å². The van der Waals surface area contributed by atoms with Gasteiger partial charge >= 0.3 is 0 Å². The summed E-state index contributed by atoms with van der Waals surface area (Å²) >= 11 is 0. The quantitative estimate of drug-likeness (QED) is 0.625. The molecular formula is C11H12N4O2. The smallest absolute Gasteiger partial charge is 0.292 e. The van der Waals surface area contributed by atoms with Gasteiger partial charge in [-0.15, -0.1) is 0 Å². The van der Waals surface area contributed by atoms with Crippen LogP contribution < -0.4 is 5.32 Å². The summed E-state index contributed by atoms with van der Waals surface area (Å²) in [5.41, 5.74) is 1.55. The van der Waals surface area contributed by atoms with Crippen LogP contribution in [0.3, 0.4) is 0 Å². The maximum atomic E-state index is 10.8. The van der Waals surface area contributed by atoms with Gasteiger partial charge in [-0.2, -0.15) is 0 Å². The Morgan fingerprint density at radius 3 is 3.00 bits per heavy atom. The number of aromatic amines is 1. The average molecular weight is 232 g/mol. The summed E-state index contributed by atoms with van der Waals surface area (Å²) in [6.45, 7) is 2.32. The van der Waals surface area contributed by atoms with Gasteiger partial charge in [0.15, 0.2) is 0 Å². The first-order valence-corrected chi connectivity index (χ1v) is 5.14. The molecule has 0 bridgehead atoms. The minimum atomic E-state index is -0.399. The molecule has 0 amide bonds. The van der Waals surface area contributed by atoms with Crippen molar-refractivity contribution < 1.29 is 4.92 Å². The molecule has 17 heavy (non-hydrogen) atoms. The largest absolute Gasteiger partial charge is 0.372 e. The molecule has 1 aromatic carbocycles. The monoisotopic (exact) mass is 232 g/mol. The molecule has 2 aromatic rings. The lowest BCUT2D eigenvalue weighted by Crippen LogP contribution is -2.04. The van der Waals surface area contributed by atoms with Crippen LogP contribution in [0.5, 0.6) is 0 Å². The zero-order valence-corrected chi connectivity index (χ0v) is 9.30.